The lowest BCUT2D eigenvalue weighted by atomic mass is 9.81. The predicted molar refractivity (Wildman–Crippen MR) is 260 cm³/mol. The Morgan fingerprint density at radius 3 is 1.60 bits per heavy atom. The number of allylic oxidation sites excluding steroid dienone is 4. The van der Waals surface area contributed by atoms with Gasteiger partial charge in [-0.1, -0.05) is 161 Å². The van der Waals surface area contributed by atoms with Crippen LogP contribution in [0.2, 0.25) is 0 Å². The van der Waals surface area contributed by atoms with Gasteiger partial charge in [0.1, 0.15) is 0 Å². The third kappa shape index (κ3) is 5.49. The third-order valence-corrected chi connectivity index (χ3v) is 14.4. The number of rotatable bonds is 6. The van der Waals surface area contributed by atoms with E-state index in [-0.39, 0.29) is 10.8 Å². The van der Waals surface area contributed by atoms with Gasteiger partial charge in [-0.15, -0.1) is 0 Å². The van der Waals surface area contributed by atoms with E-state index in [0.717, 1.165) is 12.1 Å². The smallest absolute Gasteiger partial charge is 0.0501 e. The maximum atomic E-state index is 2.54. The lowest BCUT2D eigenvalue weighted by Crippen LogP contribution is -2.18. The van der Waals surface area contributed by atoms with E-state index in [9.17, 15) is 0 Å². The summed E-state index contributed by atoms with van der Waals surface area (Å²) in [5.74, 6) is 0.324. The number of nitrogens with zero attached hydrogens (tertiary/aromatic N) is 2. The number of anilines is 5. The Bertz CT molecular complexity index is 3130. The van der Waals surface area contributed by atoms with Gasteiger partial charge < -0.3 is 9.80 Å². The second-order valence-electron chi connectivity index (χ2n) is 18.5. The van der Waals surface area contributed by atoms with E-state index in [2.05, 4.69) is 238 Å². The molecule has 8 aromatic rings. The molecule has 298 valence electrons. The summed E-state index contributed by atoms with van der Waals surface area (Å²) in [6, 6.07) is 67.9. The van der Waals surface area contributed by atoms with Crippen molar-refractivity contribution in [3.63, 3.8) is 0 Å². The van der Waals surface area contributed by atoms with Crippen LogP contribution >= 0.6 is 0 Å². The Labute approximate surface area is 365 Å². The van der Waals surface area contributed by atoms with Crippen LogP contribution in [-0.2, 0) is 10.8 Å². The highest BCUT2D eigenvalue weighted by Gasteiger charge is 2.42. The molecule has 2 nitrogen and oxygen atoms in total. The number of fused-ring (bicyclic) bond motifs is 9. The van der Waals surface area contributed by atoms with Crippen LogP contribution in [0, 0.1) is 0 Å². The van der Waals surface area contributed by atoms with E-state index in [0.29, 0.717) is 5.92 Å². The molecule has 12 rings (SSSR count). The van der Waals surface area contributed by atoms with Gasteiger partial charge in [-0.05, 0) is 145 Å². The molecule has 0 fully saturated rings. The van der Waals surface area contributed by atoms with E-state index < -0.39 is 0 Å². The number of benzene rings is 8. The average Bonchev–Trinajstić information content (AvgIpc) is 3.85. The molecule has 8 aromatic carbocycles. The zero-order valence-electron chi connectivity index (χ0n) is 35.7. The van der Waals surface area contributed by atoms with Crippen molar-refractivity contribution >= 4 is 28.4 Å². The summed E-state index contributed by atoms with van der Waals surface area (Å²) in [5.41, 5.74) is 24.3. The summed E-state index contributed by atoms with van der Waals surface area (Å²) < 4.78 is 0. The molecule has 2 heteroatoms. The Kier molecular flexibility index (Phi) is 8.09. The Morgan fingerprint density at radius 1 is 0.452 bits per heavy atom. The minimum absolute atomic E-state index is 0.103. The SMILES string of the molecule is CC1(C)c2ccccc2-c2ccc(N(c3ccc(-c4ccccc4)cc3)c3ccc4c(c3)C(C)(C)c3cc5c(cc3-4)C3CC=CC=C3N5c3ccc(-c4ccccc4)cc3)cc21. The molecule has 0 spiro atoms. The second-order valence-corrected chi connectivity index (χ2v) is 18.5. The zero-order chi connectivity index (χ0) is 41.7. The van der Waals surface area contributed by atoms with Crippen LogP contribution < -0.4 is 9.80 Å². The molecule has 0 amide bonds. The molecule has 0 saturated heterocycles. The molecule has 3 aliphatic carbocycles. The van der Waals surface area contributed by atoms with Crippen molar-refractivity contribution in [2.75, 3.05) is 9.80 Å². The highest BCUT2D eigenvalue weighted by Crippen LogP contribution is 2.58. The highest BCUT2D eigenvalue weighted by atomic mass is 15.2. The van der Waals surface area contributed by atoms with Crippen LogP contribution in [0.1, 0.15) is 67.9 Å². The first-order valence-electron chi connectivity index (χ1n) is 22.1. The van der Waals surface area contributed by atoms with Crippen LogP contribution in [0.25, 0.3) is 44.5 Å². The van der Waals surface area contributed by atoms with Gasteiger partial charge >= 0.3 is 0 Å². The summed E-state index contributed by atoms with van der Waals surface area (Å²) in [7, 11) is 0. The van der Waals surface area contributed by atoms with Gasteiger partial charge in [0.2, 0.25) is 0 Å². The average molecular weight is 797 g/mol. The maximum absolute atomic E-state index is 2.54. The minimum Gasteiger partial charge on any atom is -0.313 e. The van der Waals surface area contributed by atoms with Gasteiger partial charge in [-0.2, -0.15) is 0 Å². The molecule has 1 unspecified atom stereocenters. The van der Waals surface area contributed by atoms with Crippen LogP contribution in [0.3, 0.4) is 0 Å². The fourth-order valence-electron chi connectivity index (χ4n) is 11.1. The van der Waals surface area contributed by atoms with Crippen LogP contribution in [-0.4, -0.2) is 0 Å². The van der Waals surface area contributed by atoms with Crippen LogP contribution in [0.4, 0.5) is 28.4 Å². The normalized spacial score (nSPS) is 16.7. The zero-order valence-corrected chi connectivity index (χ0v) is 35.7. The summed E-state index contributed by atoms with van der Waals surface area (Å²) in [6.45, 7) is 9.58. The molecule has 1 aliphatic heterocycles. The minimum atomic E-state index is -0.219. The first-order chi connectivity index (χ1) is 30.3. The molecule has 0 aromatic heterocycles. The number of hydrogen-bond acceptors (Lipinski definition) is 2. The van der Waals surface area contributed by atoms with Gasteiger partial charge in [0, 0.05) is 45.2 Å². The quantitative estimate of drug-likeness (QED) is 0.165. The fourth-order valence-corrected chi connectivity index (χ4v) is 11.1. The fraction of sp³-hybridized carbons (Fsp3) is 0.133. The molecule has 1 atom stereocenters. The summed E-state index contributed by atoms with van der Waals surface area (Å²) in [4.78, 5) is 5.00. The van der Waals surface area contributed by atoms with Crippen molar-refractivity contribution in [3.05, 3.63) is 234 Å². The van der Waals surface area contributed by atoms with E-state index in [1.165, 1.54) is 101 Å². The van der Waals surface area contributed by atoms with E-state index in [1.807, 2.05) is 0 Å². The van der Waals surface area contributed by atoms with Crippen molar-refractivity contribution in [1.29, 1.82) is 0 Å². The maximum Gasteiger partial charge on any atom is 0.0501 e. The van der Waals surface area contributed by atoms with Gasteiger partial charge in [-0.25, -0.2) is 0 Å². The Balaban J connectivity index is 0.969. The highest BCUT2D eigenvalue weighted by molar-refractivity contribution is 5.92. The third-order valence-electron chi connectivity index (χ3n) is 14.4. The van der Waals surface area contributed by atoms with E-state index in [4.69, 9.17) is 0 Å². The van der Waals surface area contributed by atoms with Gasteiger partial charge in [0.25, 0.3) is 0 Å². The summed E-state index contributed by atoms with van der Waals surface area (Å²) in [6.07, 6.45) is 7.90. The van der Waals surface area contributed by atoms with E-state index >= 15 is 0 Å². The Hall–Kier alpha value is -7.16. The van der Waals surface area contributed by atoms with Crippen molar-refractivity contribution < 1.29 is 0 Å². The van der Waals surface area contributed by atoms with E-state index in [1.54, 1.807) is 0 Å². The monoisotopic (exact) mass is 796 g/mol. The second kappa shape index (κ2) is 13.7. The summed E-state index contributed by atoms with van der Waals surface area (Å²) in [5, 5.41) is 0. The van der Waals surface area contributed by atoms with Gasteiger partial charge in [0.15, 0.2) is 0 Å². The number of hydrogen-bond donors (Lipinski definition) is 0. The lowest BCUT2D eigenvalue weighted by molar-refractivity contribution is 0.660. The molecular weight excluding hydrogens is 749 g/mol. The molecule has 0 saturated carbocycles. The largest absolute Gasteiger partial charge is 0.313 e. The van der Waals surface area contributed by atoms with Crippen molar-refractivity contribution in [1.82, 2.24) is 0 Å². The molecule has 0 bridgehead atoms. The van der Waals surface area contributed by atoms with Crippen molar-refractivity contribution in [2.24, 2.45) is 0 Å². The van der Waals surface area contributed by atoms with Gasteiger partial charge in [0.05, 0.1) is 5.69 Å². The molecule has 62 heavy (non-hydrogen) atoms. The summed E-state index contributed by atoms with van der Waals surface area (Å²) >= 11 is 0. The first kappa shape index (κ1) is 36.7. The predicted octanol–water partition coefficient (Wildman–Crippen LogP) is 16.2. The Morgan fingerprint density at radius 2 is 0.952 bits per heavy atom. The lowest BCUT2D eigenvalue weighted by Gasteiger charge is -2.30. The van der Waals surface area contributed by atoms with Crippen LogP contribution in [0.15, 0.2) is 206 Å². The van der Waals surface area contributed by atoms with Crippen molar-refractivity contribution in [3.8, 4) is 44.5 Å². The van der Waals surface area contributed by atoms with Gasteiger partial charge in [-0.3, -0.25) is 0 Å². The molecule has 0 radical (unpaired) electrons. The molecule has 4 aliphatic rings. The molecule has 1 heterocycles. The topological polar surface area (TPSA) is 6.48 Å². The van der Waals surface area contributed by atoms with Crippen molar-refractivity contribution in [2.45, 2.75) is 50.9 Å². The first-order valence-corrected chi connectivity index (χ1v) is 22.1. The molecule has 0 N–H and O–H groups in total. The molecular formula is C60H48N2. The standard InChI is InChI=1S/C60H48N2/c1-59(2)53-21-13-11-19-47(53)48-33-31-45(35-54(48)59)61(43-27-23-41(24-28-43)39-15-7-5-8-16-39)46-32-34-49-51-37-52-50-20-12-14-22-57(50)62(58(52)38-56(51)60(3,4)55(49)36-46)44-29-25-42(26-30-44)40-17-9-6-10-18-40/h5-19,21-38,50H,20H2,1-4H3. The van der Waals surface area contributed by atoms with Crippen LogP contribution in [0.5, 0.6) is 0 Å².